The lowest BCUT2D eigenvalue weighted by atomic mass is 10.1. The van der Waals surface area contributed by atoms with E-state index in [1.54, 1.807) is 6.07 Å². The zero-order valence-corrected chi connectivity index (χ0v) is 14.0. The summed E-state index contributed by atoms with van der Waals surface area (Å²) in [4.78, 5) is 12.1. The Morgan fingerprint density at radius 3 is 2.62 bits per heavy atom. The fourth-order valence-corrected chi connectivity index (χ4v) is 2.64. The number of benzene rings is 2. The Morgan fingerprint density at radius 2 is 1.83 bits per heavy atom. The van der Waals surface area contributed by atoms with Crippen LogP contribution in [0.15, 0.2) is 36.4 Å². The third kappa shape index (κ3) is 3.98. The first kappa shape index (κ1) is 16.2. The van der Waals surface area contributed by atoms with Gasteiger partial charge in [0.1, 0.15) is 0 Å². The van der Waals surface area contributed by atoms with E-state index in [4.69, 9.17) is 9.47 Å². The molecule has 0 bridgehead atoms. The van der Waals surface area contributed by atoms with Gasteiger partial charge in [-0.15, -0.1) is 0 Å². The molecule has 0 unspecified atom stereocenters. The molecule has 5 nitrogen and oxygen atoms in total. The van der Waals surface area contributed by atoms with Gasteiger partial charge in [0.25, 0.3) is 0 Å². The summed E-state index contributed by atoms with van der Waals surface area (Å²) in [6.45, 7) is 5.86. The van der Waals surface area contributed by atoms with Gasteiger partial charge in [-0.25, -0.2) is 4.79 Å². The van der Waals surface area contributed by atoms with Crippen molar-refractivity contribution in [2.45, 2.75) is 26.8 Å². The zero-order chi connectivity index (χ0) is 16.9. The molecule has 3 rings (SSSR count). The van der Waals surface area contributed by atoms with Crippen molar-refractivity contribution < 1.29 is 14.3 Å². The molecule has 2 N–H and O–H groups in total. The Kier molecular flexibility index (Phi) is 4.89. The minimum Gasteiger partial charge on any atom is -0.490 e. The average molecular weight is 326 g/mol. The second kappa shape index (κ2) is 7.25. The molecule has 1 heterocycles. The van der Waals surface area contributed by atoms with E-state index < -0.39 is 0 Å². The topological polar surface area (TPSA) is 59.6 Å². The van der Waals surface area contributed by atoms with Crippen molar-refractivity contribution in [3.63, 3.8) is 0 Å². The van der Waals surface area contributed by atoms with Gasteiger partial charge in [-0.2, -0.15) is 0 Å². The number of fused-ring (bicyclic) bond motifs is 1. The minimum absolute atomic E-state index is 0.246. The molecule has 0 aromatic heterocycles. The first-order chi connectivity index (χ1) is 11.6. The predicted octanol–water partition coefficient (Wildman–Crippen LogP) is 3.79. The van der Waals surface area contributed by atoms with E-state index in [9.17, 15) is 4.79 Å². The number of anilines is 1. The molecule has 0 atom stereocenters. The Balaban J connectivity index is 1.59. The first-order valence-electron chi connectivity index (χ1n) is 8.12. The lowest BCUT2D eigenvalue weighted by Crippen LogP contribution is -2.28. The monoisotopic (exact) mass is 326 g/mol. The highest BCUT2D eigenvalue weighted by molar-refractivity contribution is 5.89. The summed E-state index contributed by atoms with van der Waals surface area (Å²) in [6, 6.07) is 11.4. The van der Waals surface area contributed by atoms with Gasteiger partial charge in [-0.3, -0.25) is 0 Å². The van der Waals surface area contributed by atoms with Crippen molar-refractivity contribution in [3.05, 3.63) is 53.1 Å². The van der Waals surface area contributed by atoms with Crippen LogP contribution < -0.4 is 20.1 Å². The van der Waals surface area contributed by atoms with Crippen molar-refractivity contribution in [2.24, 2.45) is 0 Å². The molecular weight excluding hydrogens is 304 g/mol. The van der Waals surface area contributed by atoms with Crippen molar-refractivity contribution in [3.8, 4) is 11.5 Å². The van der Waals surface area contributed by atoms with Crippen molar-refractivity contribution in [2.75, 3.05) is 18.5 Å². The van der Waals surface area contributed by atoms with E-state index in [0.717, 1.165) is 12.0 Å². The zero-order valence-electron chi connectivity index (χ0n) is 14.0. The predicted molar refractivity (Wildman–Crippen MR) is 93.8 cm³/mol. The molecule has 0 fully saturated rings. The van der Waals surface area contributed by atoms with Crippen molar-refractivity contribution in [1.82, 2.24) is 5.32 Å². The number of amides is 2. The van der Waals surface area contributed by atoms with Gasteiger partial charge in [0.05, 0.1) is 13.2 Å². The molecule has 0 radical (unpaired) electrons. The van der Waals surface area contributed by atoms with E-state index in [0.29, 0.717) is 36.9 Å². The van der Waals surface area contributed by atoms with Crippen LogP contribution in [0.3, 0.4) is 0 Å². The Labute approximate surface area is 142 Å². The third-order valence-electron chi connectivity index (χ3n) is 3.94. The molecule has 1 aliphatic heterocycles. The SMILES string of the molecule is Cc1ccc(CNC(=O)Nc2ccc3c(c2)OCCCO3)c(C)c1. The molecule has 24 heavy (non-hydrogen) atoms. The molecule has 1 aliphatic rings. The molecule has 0 spiro atoms. The smallest absolute Gasteiger partial charge is 0.319 e. The Morgan fingerprint density at radius 1 is 1.04 bits per heavy atom. The highest BCUT2D eigenvalue weighted by Crippen LogP contribution is 2.32. The number of carbonyl (C=O) groups excluding carboxylic acids is 1. The Hall–Kier alpha value is -2.69. The van der Waals surface area contributed by atoms with Crippen LogP contribution in [0.4, 0.5) is 10.5 Å². The maximum atomic E-state index is 12.1. The summed E-state index contributed by atoms with van der Waals surface area (Å²) in [6.07, 6.45) is 0.855. The highest BCUT2D eigenvalue weighted by atomic mass is 16.5. The number of nitrogens with one attached hydrogen (secondary N) is 2. The van der Waals surface area contributed by atoms with Crippen LogP contribution in [0.5, 0.6) is 11.5 Å². The van der Waals surface area contributed by atoms with Crippen LogP contribution >= 0.6 is 0 Å². The largest absolute Gasteiger partial charge is 0.490 e. The molecule has 2 amide bonds. The number of hydrogen-bond acceptors (Lipinski definition) is 3. The molecule has 2 aromatic carbocycles. The van der Waals surface area contributed by atoms with Crippen LogP contribution in [0.25, 0.3) is 0 Å². The van der Waals surface area contributed by atoms with Crippen molar-refractivity contribution >= 4 is 11.7 Å². The maximum absolute atomic E-state index is 12.1. The third-order valence-corrected chi connectivity index (χ3v) is 3.94. The van der Waals surface area contributed by atoms with E-state index in [2.05, 4.69) is 23.6 Å². The molecule has 5 heteroatoms. The summed E-state index contributed by atoms with van der Waals surface area (Å²) in [5, 5.41) is 5.71. The first-order valence-corrected chi connectivity index (χ1v) is 8.12. The Bertz CT molecular complexity index is 743. The fourth-order valence-electron chi connectivity index (χ4n) is 2.64. The number of hydrogen-bond donors (Lipinski definition) is 2. The van der Waals surface area contributed by atoms with Crippen molar-refractivity contribution in [1.29, 1.82) is 0 Å². The molecule has 2 aromatic rings. The lowest BCUT2D eigenvalue weighted by molar-refractivity contribution is 0.251. The van der Waals surface area contributed by atoms with E-state index in [1.807, 2.05) is 31.2 Å². The second-order valence-corrected chi connectivity index (χ2v) is 5.95. The summed E-state index contributed by atoms with van der Waals surface area (Å²) in [5.74, 6) is 1.38. The number of carbonyl (C=O) groups is 1. The molecule has 126 valence electrons. The molecule has 0 saturated carbocycles. The summed E-state index contributed by atoms with van der Waals surface area (Å²) < 4.78 is 11.2. The molecule has 0 saturated heterocycles. The molecule has 0 aliphatic carbocycles. The van der Waals surface area contributed by atoms with E-state index in [-0.39, 0.29) is 6.03 Å². The van der Waals surface area contributed by atoms with Gasteiger partial charge in [0, 0.05) is 24.7 Å². The number of aryl methyl sites for hydroxylation is 2. The lowest BCUT2D eigenvalue weighted by Gasteiger charge is -2.12. The average Bonchev–Trinajstić information content (AvgIpc) is 2.79. The quantitative estimate of drug-likeness (QED) is 0.902. The van der Waals surface area contributed by atoms with Crippen LogP contribution in [-0.2, 0) is 6.54 Å². The summed E-state index contributed by atoms with van der Waals surface area (Å²) in [5.41, 5.74) is 4.17. The van der Waals surface area contributed by atoms with Gasteiger partial charge in [0.2, 0.25) is 0 Å². The number of rotatable bonds is 3. The van der Waals surface area contributed by atoms with Gasteiger partial charge in [-0.1, -0.05) is 23.8 Å². The number of ether oxygens (including phenoxy) is 2. The normalized spacial score (nSPS) is 13.1. The number of urea groups is 1. The van der Waals surface area contributed by atoms with Crippen LogP contribution in [0.2, 0.25) is 0 Å². The fraction of sp³-hybridized carbons (Fsp3) is 0.316. The summed E-state index contributed by atoms with van der Waals surface area (Å²) in [7, 11) is 0. The molecular formula is C19H22N2O3. The van der Waals surface area contributed by atoms with E-state index in [1.165, 1.54) is 11.1 Å². The maximum Gasteiger partial charge on any atom is 0.319 e. The van der Waals surface area contributed by atoms with E-state index >= 15 is 0 Å². The highest BCUT2D eigenvalue weighted by Gasteiger charge is 2.12. The van der Waals surface area contributed by atoms with Gasteiger partial charge < -0.3 is 20.1 Å². The van der Waals surface area contributed by atoms with Crippen LogP contribution in [-0.4, -0.2) is 19.2 Å². The van der Waals surface area contributed by atoms with Gasteiger partial charge in [-0.05, 0) is 37.1 Å². The summed E-state index contributed by atoms with van der Waals surface area (Å²) >= 11 is 0. The van der Waals surface area contributed by atoms with Gasteiger partial charge in [0.15, 0.2) is 11.5 Å². The standard InChI is InChI=1S/C19H22N2O3/c1-13-4-5-15(14(2)10-13)12-20-19(22)21-16-6-7-17-18(11-16)24-9-3-8-23-17/h4-7,10-11H,3,8-9,12H2,1-2H3,(H2,20,21,22). The minimum atomic E-state index is -0.246. The van der Waals surface area contributed by atoms with Gasteiger partial charge >= 0.3 is 6.03 Å². The van der Waals surface area contributed by atoms with Crippen LogP contribution in [0, 0.1) is 13.8 Å². The second-order valence-electron chi connectivity index (χ2n) is 5.95. The van der Waals surface area contributed by atoms with Crippen LogP contribution in [0.1, 0.15) is 23.1 Å².